The zero-order valence-corrected chi connectivity index (χ0v) is 7.53. The molecule has 0 aliphatic carbocycles. The number of aliphatic hydroxyl groups excluding tert-OH is 1. The van der Waals surface area contributed by atoms with Gasteiger partial charge in [-0.25, -0.2) is 4.39 Å². The van der Waals surface area contributed by atoms with Crippen LogP contribution in [0.3, 0.4) is 0 Å². The maximum Gasteiger partial charge on any atom is 0.122 e. The molecular weight excluding hydrogens is 171 g/mol. The van der Waals surface area contributed by atoms with Gasteiger partial charge in [0, 0.05) is 0 Å². The lowest BCUT2D eigenvalue weighted by atomic mass is 10.2. The molecule has 0 spiro atoms. The van der Waals surface area contributed by atoms with Gasteiger partial charge in [0.1, 0.15) is 25.1 Å². The average Bonchev–Trinajstić information content (AvgIpc) is 2.16. The van der Waals surface area contributed by atoms with E-state index >= 15 is 0 Å². The molecule has 0 saturated heterocycles. The van der Waals surface area contributed by atoms with Gasteiger partial charge in [-0.3, -0.25) is 0 Å². The van der Waals surface area contributed by atoms with Crippen molar-refractivity contribution in [1.82, 2.24) is 0 Å². The Morgan fingerprint density at radius 3 is 2.77 bits per heavy atom. The number of hydrogen-bond donors (Lipinski definition) is 1. The highest BCUT2D eigenvalue weighted by atomic mass is 19.1. The summed E-state index contributed by atoms with van der Waals surface area (Å²) in [6, 6.07) is 7.43. The van der Waals surface area contributed by atoms with E-state index in [1.54, 1.807) is 6.07 Å². The summed E-state index contributed by atoms with van der Waals surface area (Å²) in [7, 11) is 0. The van der Waals surface area contributed by atoms with Gasteiger partial charge in [0.15, 0.2) is 0 Å². The molecular formula is C10H13FO2. The van der Waals surface area contributed by atoms with Gasteiger partial charge < -0.3 is 9.84 Å². The molecule has 0 amide bonds. The molecule has 1 rings (SSSR count). The number of para-hydroxylation sites is 1. The lowest BCUT2D eigenvalue weighted by Crippen LogP contribution is -2.19. The molecule has 0 fully saturated rings. The van der Waals surface area contributed by atoms with Crippen LogP contribution >= 0.6 is 0 Å². The van der Waals surface area contributed by atoms with Crippen LogP contribution in [0.25, 0.3) is 0 Å². The van der Waals surface area contributed by atoms with Crippen molar-refractivity contribution in [2.75, 3.05) is 13.3 Å². The van der Waals surface area contributed by atoms with E-state index in [9.17, 15) is 4.39 Å². The van der Waals surface area contributed by atoms with Crippen molar-refractivity contribution in [3.8, 4) is 5.75 Å². The number of aryl methyl sites for hydroxylation is 1. The molecule has 1 atom stereocenters. The van der Waals surface area contributed by atoms with Crippen LogP contribution in [0.1, 0.15) is 5.56 Å². The van der Waals surface area contributed by atoms with Crippen LogP contribution in [0, 0.1) is 6.92 Å². The molecule has 1 N–H and O–H groups in total. The zero-order chi connectivity index (χ0) is 9.68. The summed E-state index contributed by atoms with van der Waals surface area (Å²) in [4.78, 5) is 0. The second-order valence-electron chi connectivity index (χ2n) is 2.88. The second-order valence-corrected chi connectivity index (χ2v) is 2.88. The fraction of sp³-hybridized carbons (Fsp3) is 0.400. The first-order valence-electron chi connectivity index (χ1n) is 4.16. The summed E-state index contributed by atoms with van der Waals surface area (Å²) in [6.45, 7) is 1.13. The van der Waals surface area contributed by atoms with Crippen molar-refractivity contribution in [3.05, 3.63) is 29.8 Å². The second kappa shape index (κ2) is 4.82. The molecule has 1 unspecified atom stereocenters. The Labute approximate surface area is 77.0 Å². The minimum Gasteiger partial charge on any atom is -0.491 e. The normalized spacial score (nSPS) is 12.5. The first kappa shape index (κ1) is 9.99. The number of benzene rings is 1. The van der Waals surface area contributed by atoms with Gasteiger partial charge in [0.25, 0.3) is 0 Å². The molecule has 0 heterocycles. The maximum absolute atomic E-state index is 11.9. The van der Waals surface area contributed by atoms with Gasteiger partial charge in [-0.1, -0.05) is 18.2 Å². The predicted octanol–water partition coefficient (Wildman–Crippen LogP) is 1.70. The number of rotatable bonds is 4. The quantitative estimate of drug-likeness (QED) is 0.771. The van der Waals surface area contributed by atoms with Crippen LogP contribution in [-0.2, 0) is 0 Å². The highest BCUT2D eigenvalue weighted by molar-refractivity contribution is 5.31. The number of alkyl halides is 1. The molecule has 0 aliphatic heterocycles. The van der Waals surface area contributed by atoms with Crippen molar-refractivity contribution in [1.29, 1.82) is 0 Å². The molecule has 0 saturated carbocycles. The smallest absolute Gasteiger partial charge is 0.122 e. The molecule has 2 nitrogen and oxygen atoms in total. The summed E-state index contributed by atoms with van der Waals surface area (Å²) in [5.41, 5.74) is 0.980. The van der Waals surface area contributed by atoms with Crippen LogP contribution < -0.4 is 4.74 Å². The van der Waals surface area contributed by atoms with Crippen molar-refractivity contribution in [2.45, 2.75) is 13.0 Å². The fourth-order valence-electron chi connectivity index (χ4n) is 0.949. The first-order chi connectivity index (χ1) is 6.24. The lowest BCUT2D eigenvalue weighted by molar-refractivity contribution is 0.0839. The summed E-state index contributed by atoms with van der Waals surface area (Å²) in [5, 5.41) is 8.91. The van der Waals surface area contributed by atoms with E-state index in [4.69, 9.17) is 9.84 Å². The Morgan fingerprint density at radius 2 is 2.15 bits per heavy atom. The van der Waals surface area contributed by atoms with Gasteiger partial charge in [0.2, 0.25) is 0 Å². The standard InChI is InChI=1S/C10H13FO2/c1-8-4-2-3-5-10(8)13-7-9(12)6-11/h2-5,9,12H,6-7H2,1H3. The Kier molecular flexibility index (Phi) is 3.71. The number of hydrogen-bond acceptors (Lipinski definition) is 2. The van der Waals surface area contributed by atoms with Crippen LogP contribution in [0.15, 0.2) is 24.3 Å². The maximum atomic E-state index is 11.9. The van der Waals surface area contributed by atoms with Crippen LogP contribution in [-0.4, -0.2) is 24.5 Å². The summed E-state index contributed by atoms with van der Waals surface area (Å²) in [6.07, 6.45) is -1.03. The fourth-order valence-corrected chi connectivity index (χ4v) is 0.949. The molecule has 3 heteroatoms. The molecule has 0 radical (unpaired) electrons. The van der Waals surface area contributed by atoms with E-state index < -0.39 is 12.8 Å². The summed E-state index contributed by atoms with van der Waals surface area (Å²) >= 11 is 0. The number of aliphatic hydroxyl groups is 1. The van der Waals surface area contributed by atoms with Crippen molar-refractivity contribution >= 4 is 0 Å². The molecule has 1 aromatic rings. The highest BCUT2D eigenvalue weighted by Gasteiger charge is 2.04. The third-order valence-electron chi connectivity index (χ3n) is 1.70. The Morgan fingerprint density at radius 1 is 1.46 bits per heavy atom. The molecule has 0 aromatic heterocycles. The van der Waals surface area contributed by atoms with Crippen LogP contribution in [0.5, 0.6) is 5.75 Å². The van der Waals surface area contributed by atoms with Crippen LogP contribution in [0.4, 0.5) is 4.39 Å². The lowest BCUT2D eigenvalue weighted by Gasteiger charge is -2.10. The van der Waals surface area contributed by atoms with E-state index in [0.717, 1.165) is 5.56 Å². The number of halogens is 1. The van der Waals surface area contributed by atoms with E-state index in [2.05, 4.69) is 0 Å². The Balaban J connectivity index is 2.50. The Bertz CT molecular complexity index is 263. The van der Waals surface area contributed by atoms with Crippen molar-refractivity contribution in [2.24, 2.45) is 0 Å². The molecule has 0 aliphatic rings. The summed E-state index contributed by atoms with van der Waals surface area (Å²) in [5.74, 6) is 0.690. The Hall–Kier alpha value is -1.09. The van der Waals surface area contributed by atoms with Gasteiger partial charge in [-0.05, 0) is 18.6 Å². The summed E-state index contributed by atoms with van der Waals surface area (Å²) < 4.78 is 17.1. The first-order valence-corrected chi connectivity index (χ1v) is 4.16. The topological polar surface area (TPSA) is 29.5 Å². The van der Waals surface area contributed by atoms with E-state index in [1.807, 2.05) is 25.1 Å². The van der Waals surface area contributed by atoms with E-state index in [-0.39, 0.29) is 6.61 Å². The predicted molar refractivity (Wildman–Crippen MR) is 48.7 cm³/mol. The van der Waals surface area contributed by atoms with Crippen molar-refractivity contribution in [3.63, 3.8) is 0 Å². The van der Waals surface area contributed by atoms with Gasteiger partial charge in [-0.2, -0.15) is 0 Å². The molecule has 0 bridgehead atoms. The average molecular weight is 184 g/mol. The van der Waals surface area contributed by atoms with Gasteiger partial charge >= 0.3 is 0 Å². The minimum atomic E-state index is -1.03. The molecule has 72 valence electrons. The van der Waals surface area contributed by atoms with Gasteiger partial charge in [-0.15, -0.1) is 0 Å². The molecule has 1 aromatic carbocycles. The minimum absolute atomic E-state index is 0.00134. The third kappa shape index (κ3) is 3.03. The largest absolute Gasteiger partial charge is 0.491 e. The SMILES string of the molecule is Cc1ccccc1OCC(O)CF. The monoisotopic (exact) mass is 184 g/mol. The zero-order valence-electron chi connectivity index (χ0n) is 7.53. The van der Waals surface area contributed by atoms with Gasteiger partial charge in [0.05, 0.1) is 0 Å². The molecule has 13 heavy (non-hydrogen) atoms. The number of ether oxygens (including phenoxy) is 1. The van der Waals surface area contributed by atoms with Crippen LogP contribution in [0.2, 0.25) is 0 Å². The highest BCUT2D eigenvalue weighted by Crippen LogP contribution is 2.16. The third-order valence-corrected chi connectivity index (χ3v) is 1.70. The van der Waals surface area contributed by atoms with Crippen molar-refractivity contribution < 1.29 is 14.2 Å². The van der Waals surface area contributed by atoms with E-state index in [1.165, 1.54) is 0 Å². The van der Waals surface area contributed by atoms with E-state index in [0.29, 0.717) is 5.75 Å².